The van der Waals surface area contributed by atoms with E-state index in [1.54, 1.807) is 0 Å². The summed E-state index contributed by atoms with van der Waals surface area (Å²) in [6.45, 7) is 8.94. The van der Waals surface area contributed by atoms with Crippen LogP contribution in [0.15, 0.2) is 11.6 Å². The van der Waals surface area contributed by atoms with E-state index in [9.17, 15) is 15.3 Å². The second-order valence-electron chi connectivity index (χ2n) is 9.52. The van der Waals surface area contributed by atoms with Gasteiger partial charge in [-0.2, -0.15) is 0 Å². The van der Waals surface area contributed by atoms with E-state index in [4.69, 9.17) is 0 Å². The highest BCUT2D eigenvalue weighted by molar-refractivity contribution is 5.26. The van der Waals surface area contributed by atoms with Crippen LogP contribution in [0.25, 0.3) is 0 Å². The molecule has 2 fully saturated rings. The number of rotatable bonds is 2. The summed E-state index contributed by atoms with van der Waals surface area (Å²) in [4.78, 5) is 0. The van der Waals surface area contributed by atoms with Crippen molar-refractivity contribution in [3.63, 3.8) is 0 Å². The maximum absolute atomic E-state index is 10.9. The van der Waals surface area contributed by atoms with Gasteiger partial charge in [0.15, 0.2) is 0 Å². The van der Waals surface area contributed by atoms with Crippen molar-refractivity contribution in [2.24, 2.45) is 28.1 Å². The summed E-state index contributed by atoms with van der Waals surface area (Å²) in [7, 11) is 0. The Morgan fingerprint density at radius 1 is 1.13 bits per heavy atom. The van der Waals surface area contributed by atoms with Crippen molar-refractivity contribution in [2.45, 2.75) is 78.4 Å². The smallest absolute Gasteiger partial charge is 0.0858 e. The molecule has 23 heavy (non-hydrogen) atoms. The van der Waals surface area contributed by atoms with Crippen LogP contribution in [0.1, 0.15) is 66.2 Å². The van der Waals surface area contributed by atoms with E-state index in [2.05, 4.69) is 33.8 Å². The lowest BCUT2D eigenvalue weighted by Gasteiger charge is -2.61. The minimum Gasteiger partial charge on any atom is -0.394 e. The molecule has 3 rings (SSSR count). The molecule has 3 N–H and O–H groups in total. The van der Waals surface area contributed by atoms with Crippen molar-refractivity contribution in [2.75, 3.05) is 6.61 Å². The fourth-order valence-electron chi connectivity index (χ4n) is 6.22. The molecule has 0 bridgehead atoms. The van der Waals surface area contributed by atoms with Gasteiger partial charge >= 0.3 is 0 Å². The van der Waals surface area contributed by atoms with Crippen molar-refractivity contribution >= 4 is 0 Å². The van der Waals surface area contributed by atoms with Crippen LogP contribution in [0.2, 0.25) is 0 Å². The molecule has 6 atom stereocenters. The van der Waals surface area contributed by atoms with Crippen LogP contribution in [0, 0.1) is 28.1 Å². The minimum absolute atomic E-state index is 0.0443. The average molecular weight is 322 g/mol. The van der Waals surface area contributed by atoms with Crippen molar-refractivity contribution in [3.05, 3.63) is 11.6 Å². The number of hydrogen-bond donors (Lipinski definition) is 3. The molecule has 0 aromatic rings. The number of fused-ring (bicyclic) bond motifs is 3. The summed E-state index contributed by atoms with van der Waals surface area (Å²) in [5.74, 6) is 0.989. The minimum atomic E-state index is -0.686. The molecule has 3 aliphatic carbocycles. The number of aliphatic hydroxyl groups excluding tert-OH is 3. The van der Waals surface area contributed by atoms with Crippen LogP contribution in [0.3, 0.4) is 0 Å². The predicted octanol–water partition coefficient (Wildman–Crippen LogP) is 3.28. The third kappa shape index (κ3) is 2.51. The third-order valence-corrected chi connectivity index (χ3v) is 7.82. The van der Waals surface area contributed by atoms with Gasteiger partial charge in [-0.05, 0) is 55.8 Å². The molecule has 0 heterocycles. The summed E-state index contributed by atoms with van der Waals surface area (Å²) >= 11 is 0. The molecule has 3 nitrogen and oxygen atoms in total. The Kier molecular flexibility index (Phi) is 4.23. The van der Waals surface area contributed by atoms with E-state index in [1.807, 2.05) is 0 Å². The van der Waals surface area contributed by atoms with Gasteiger partial charge in [-0.1, -0.05) is 39.3 Å². The first kappa shape index (κ1) is 17.4. The Balaban J connectivity index is 1.97. The summed E-state index contributed by atoms with van der Waals surface area (Å²) < 4.78 is 0. The Bertz CT molecular complexity index is 497. The lowest BCUT2D eigenvalue weighted by Crippen LogP contribution is -2.57. The maximum atomic E-state index is 10.9. The van der Waals surface area contributed by atoms with Gasteiger partial charge in [0.2, 0.25) is 0 Å². The first-order valence-corrected chi connectivity index (χ1v) is 9.34. The van der Waals surface area contributed by atoms with Crippen molar-refractivity contribution in [3.8, 4) is 0 Å². The molecule has 0 unspecified atom stereocenters. The molecular formula is C20H34O3. The standard InChI is InChI=1S/C20H34O3/c1-18(2)9-8-16(22)20(4)14-7-10-19(3,17(23)12-21)11-13(14)5-6-15(18)20/h11,14-17,21-23H,5-10,12H2,1-4H3/t14-,15-,16+,17-,19+,20+/m1/s1. The van der Waals surface area contributed by atoms with Gasteiger partial charge in [-0.25, -0.2) is 0 Å². The van der Waals surface area contributed by atoms with Crippen LogP contribution < -0.4 is 0 Å². The topological polar surface area (TPSA) is 60.7 Å². The SMILES string of the molecule is CC1(C)CC[C@H](O)[C@@]2(C)[C@@H]3CC[C@](C)([C@H](O)CO)C=C3CC[C@H]12. The zero-order valence-electron chi connectivity index (χ0n) is 15.2. The van der Waals surface area contributed by atoms with Gasteiger partial charge in [0.1, 0.15) is 0 Å². The van der Waals surface area contributed by atoms with Gasteiger partial charge in [0.05, 0.1) is 18.8 Å². The summed E-state index contributed by atoms with van der Waals surface area (Å²) in [5, 5.41) is 30.5. The van der Waals surface area contributed by atoms with Crippen LogP contribution in [0.5, 0.6) is 0 Å². The predicted molar refractivity (Wildman–Crippen MR) is 91.9 cm³/mol. The number of aliphatic hydroxyl groups is 3. The van der Waals surface area contributed by atoms with Crippen molar-refractivity contribution in [1.82, 2.24) is 0 Å². The highest BCUT2D eigenvalue weighted by Gasteiger charge is 2.58. The van der Waals surface area contributed by atoms with Crippen molar-refractivity contribution < 1.29 is 15.3 Å². The lowest BCUT2D eigenvalue weighted by atomic mass is 9.44. The van der Waals surface area contributed by atoms with Gasteiger partial charge in [0.25, 0.3) is 0 Å². The van der Waals surface area contributed by atoms with E-state index >= 15 is 0 Å². The van der Waals surface area contributed by atoms with Gasteiger partial charge in [0, 0.05) is 10.8 Å². The van der Waals surface area contributed by atoms with Crippen LogP contribution in [0.4, 0.5) is 0 Å². The maximum Gasteiger partial charge on any atom is 0.0858 e. The van der Waals surface area contributed by atoms with Gasteiger partial charge in [-0.15, -0.1) is 0 Å². The van der Waals surface area contributed by atoms with E-state index < -0.39 is 6.10 Å². The number of allylic oxidation sites excluding steroid dienone is 1. The largest absolute Gasteiger partial charge is 0.394 e. The zero-order valence-corrected chi connectivity index (χ0v) is 15.2. The molecule has 0 amide bonds. The normalized spacial score (nSPS) is 47.3. The molecule has 0 saturated heterocycles. The van der Waals surface area contributed by atoms with Crippen LogP contribution in [-0.4, -0.2) is 34.1 Å². The summed E-state index contributed by atoms with van der Waals surface area (Å²) in [6, 6.07) is 0. The first-order chi connectivity index (χ1) is 10.6. The number of hydrogen-bond acceptors (Lipinski definition) is 3. The van der Waals surface area contributed by atoms with E-state index in [0.717, 1.165) is 38.5 Å². The average Bonchev–Trinajstić information content (AvgIpc) is 2.50. The van der Waals surface area contributed by atoms with Gasteiger partial charge in [-0.3, -0.25) is 0 Å². The molecule has 3 heteroatoms. The van der Waals surface area contributed by atoms with E-state index in [0.29, 0.717) is 17.3 Å². The van der Waals surface area contributed by atoms with Crippen LogP contribution >= 0.6 is 0 Å². The highest BCUT2D eigenvalue weighted by Crippen LogP contribution is 2.63. The Hall–Kier alpha value is -0.380. The molecule has 2 saturated carbocycles. The monoisotopic (exact) mass is 322 g/mol. The van der Waals surface area contributed by atoms with Crippen LogP contribution in [-0.2, 0) is 0 Å². The highest BCUT2D eigenvalue weighted by atomic mass is 16.3. The fourth-order valence-corrected chi connectivity index (χ4v) is 6.22. The third-order valence-electron chi connectivity index (χ3n) is 7.82. The van der Waals surface area contributed by atoms with Crippen molar-refractivity contribution in [1.29, 1.82) is 0 Å². The molecule has 3 aliphatic rings. The lowest BCUT2D eigenvalue weighted by molar-refractivity contribution is -0.143. The second kappa shape index (κ2) is 5.57. The Morgan fingerprint density at radius 2 is 1.83 bits per heavy atom. The first-order valence-electron chi connectivity index (χ1n) is 9.34. The van der Waals surface area contributed by atoms with E-state index in [-0.39, 0.29) is 23.5 Å². The molecule has 0 aliphatic heterocycles. The second-order valence-corrected chi connectivity index (χ2v) is 9.52. The van der Waals surface area contributed by atoms with Gasteiger partial charge < -0.3 is 15.3 Å². The molecule has 0 aromatic carbocycles. The quantitative estimate of drug-likeness (QED) is 0.684. The van der Waals surface area contributed by atoms with E-state index in [1.165, 1.54) is 5.57 Å². The Labute approximate surface area is 140 Å². The fraction of sp³-hybridized carbons (Fsp3) is 0.900. The molecular weight excluding hydrogens is 288 g/mol. The molecule has 0 spiro atoms. The molecule has 0 aromatic heterocycles. The Morgan fingerprint density at radius 3 is 2.48 bits per heavy atom. The summed E-state index contributed by atoms with van der Waals surface area (Å²) in [5.41, 5.74) is 1.35. The molecule has 132 valence electrons. The molecule has 0 radical (unpaired) electrons. The summed E-state index contributed by atoms with van der Waals surface area (Å²) in [6.07, 6.45) is 7.47. The zero-order chi connectivity index (χ0) is 17.0.